The molecule has 2 aromatic carbocycles. The quantitative estimate of drug-likeness (QED) is 0.799. The van der Waals surface area contributed by atoms with E-state index in [1.54, 1.807) is 12.1 Å². The van der Waals surface area contributed by atoms with Crippen LogP contribution >= 0.6 is 0 Å². The van der Waals surface area contributed by atoms with E-state index in [4.69, 9.17) is 4.74 Å². The minimum Gasteiger partial charge on any atom is -0.492 e. The Morgan fingerprint density at radius 3 is 2.27 bits per heavy atom. The molecule has 0 saturated carbocycles. The number of aryl methyl sites for hydroxylation is 2. The van der Waals surface area contributed by atoms with E-state index in [2.05, 4.69) is 10.8 Å². The second-order valence-corrected chi connectivity index (χ2v) is 7.12. The van der Waals surface area contributed by atoms with Crippen molar-refractivity contribution in [3.63, 3.8) is 0 Å². The lowest BCUT2D eigenvalue weighted by atomic mass is 10.1. The van der Waals surface area contributed by atoms with E-state index in [0.29, 0.717) is 6.61 Å². The first-order valence-electron chi connectivity index (χ1n) is 7.17. The van der Waals surface area contributed by atoms with Gasteiger partial charge in [-0.05, 0) is 42.7 Å². The van der Waals surface area contributed by atoms with Gasteiger partial charge in [0.05, 0.1) is 5.75 Å². The van der Waals surface area contributed by atoms with Crippen LogP contribution in [-0.4, -0.2) is 21.6 Å². The van der Waals surface area contributed by atoms with Crippen molar-refractivity contribution >= 4 is 10.0 Å². The lowest BCUT2D eigenvalue weighted by Gasteiger charge is -2.10. The van der Waals surface area contributed by atoms with Gasteiger partial charge >= 0.3 is 0 Å². The molecule has 0 heterocycles. The van der Waals surface area contributed by atoms with E-state index in [9.17, 15) is 8.42 Å². The molecule has 0 spiro atoms. The summed E-state index contributed by atoms with van der Waals surface area (Å²) in [5, 5.41) is 0. The largest absolute Gasteiger partial charge is 0.492 e. The van der Waals surface area contributed by atoms with E-state index >= 15 is 0 Å². The highest BCUT2D eigenvalue weighted by Gasteiger charge is 2.10. The van der Waals surface area contributed by atoms with E-state index < -0.39 is 10.0 Å². The number of nitrogens with one attached hydrogen (secondary N) is 1. The van der Waals surface area contributed by atoms with Gasteiger partial charge in [0.15, 0.2) is 0 Å². The smallest absolute Gasteiger partial charge is 0.215 e. The average molecular weight is 319 g/mol. The van der Waals surface area contributed by atoms with Crippen molar-refractivity contribution in [1.82, 2.24) is 4.72 Å². The van der Waals surface area contributed by atoms with E-state index in [1.807, 2.05) is 44.2 Å². The number of hydrogen-bond donors (Lipinski definition) is 1. The van der Waals surface area contributed by atoms with Crippen molar-refractivity contribution in [1.29, 1.82) is 0 Å². The van der Waals surface area contributed by atoms with Crippen LogP contribution in [0, 0.1) is 13.8 Å². The van der Waals surface area contributed by atoms with Crippen LogP contribution < -0.4 is 9.46 Å². The van der Waals surface area contributed by atoms with Crippen LogP contribution in [0.5, 0.6) is 5.75 Å². The van der Waals surface area contributed by atoms with Crippen molar-refractivity contribution in [3.05, 3.63) is 65.2 Å². The fraction of sp³-hybridized carbons (Fsp3) is 0.294. The van der Waals surface area contributed by atoms with Crippen molar-refractivity contribution in [2.45, 2.75) is 19.6 Å². The Kier molecular flexibility index (Phi) is 5.57. The van der Waals surface area contributed by atoms with Gasteiger partial charge in [-0.2, -0.15) is 0 Å². The summed E-state index contributed by atoms with van der Waals surface area (Å²) in [7, 11) is -3.34. The molecule has 0 aliphatic rings. The molecule has 22 heavy (non-hydrogen) atoms. The van der Waals surface area contributed by atoms with Gasteiger partial charge in [0.1, 0.15) is 12.4 Å². The zero-order valence-electron chi connectivity index (χ0n) is 12.9. The van der Waals surface area contributed by atoms with E-state index in [1.165, 1.54) is 0 Å². The monoisotopic (exact) mass is 319 g/mol. The number of sulfonamides is 1. The van der Waals surface area contributed by atoms with Crippen molar-refractivity contribution in [2.24, 2.45) is 0 Å². The molecular weight excluding hydrogens is 298 g/mol. The molecule has 0 aliphatic heterocycles. The van der Waals surface area contributed by atoms with Gasteiger partial charge in [-0.1, -0.05) is 36.4 Å². The fourth-order valence-corrected chi connectivity index (χ4v) is 3.35. The molecule has 2 aromatic rings. The summed E-state index contributed by atoms with van der Waals surface area (Å²) in [6.45, 7) is 4.56. The molecule has 2 rings (SSSR count). The maximum Gasteiger partial charge on any atom is 0.215 e. The Morgan fingerprint density at radius 2 is 1.64 bits per heavy atom. The van der Waals surface area contributed by atoms with Crippen LogP contribution in [0.15, 0.2) is 48.5 Å². The molecule has 0 fully saturated rings. The predicted octanol–water partition coefficient (Wildman–Crippen LogP) is 2.80. The molecule has 0 unspecified atom stereocenters. The van der Waals surface area contributed by atoms with Crippen LogP contribution in [0.2, 0.25) is 0 Å². The normalized spacial score (nSPS) is 11.4. The second-order valence-electron chi connectivity index (χ2n) is 5.31. The van der Waals surface area contributed by atoms with Gasteiger partial charge in [0.25, 0.3) is 0 Å². The highest BCUT2D eigenvalue weighted by molar-refractivity contribution is 7.88. The third kappa shape index (κ3) is 5.50. The van der Waals surface area contributed by atoms with Gasteiger partial charge in [0, 0.05) is 6.54 Å². The standard InChI is InChI=1S/C17H21NO3S/c1-14-10-15(2)12-17(11-14)21-9-8-18-22(19,20)13-16-6-4-3-5-7-16/h3-7,10-12,18H,8-9,13H2,1-2H3. The lowest BCUT2D eigenvalue weighted by molar-refractivity contribution is 0.322. The molecule has 0 aliphatic carbocycles. The Morgan fingerprint density at radius 1 is 1.00 bits per heavy atom. The van der Waals surface area contributed by atoms with Crippen molar-refractivity contribution in [3.8, 4) is 5.75 Å². The molecule has 5 heteroatoms. The Bertz CT molecular complexity index is 692. The summed E-state index contributed by atoms with van der Waals surface area (Å²) < 4.78 is 32.0. The summed E-state index contributed by atoms with van der Waals surface area (Å²) in [6.07, 6.45) is 0. The van der Waals surface area contributed by atoms with Gasteiger partial charge in [-0.25, -0.2) is 13.1 Å². The summed E-state index contributed by atoms with van der Waals surface area (Å²) in [4.78, 5) is 0. The number of hydrogen-bond acceptors (Lipinski definition) is 3. The minimum atomic E-state index is -3.34. The molecule has 0 saturated heterocycles. The molecule has 118 valence electrons. The topological polar surface area (TPSA) is 55.4 Å². The number of rotatable bonds is 7. The highest BCUT2D eigenvalue weighted by Crippen LogP contribution is 2.15. The van der Waals surface area contributed by atoms with Gasteiger partial charge in [0.2, 0.25) is 10.0 Å². The van der Waals surface area contributed by atoms with Gasteiger partial charge < -0.3 is 4.74 Å². The molecule has 1 N–H and O–H groups in total. The highest BCUT2D eigenvalue weighted by atomic mass is 32.2. The first-order valence-corrected chi connectivity index (χ1v) is 8.82. The summed E-state index contributed by atoms with van der Waals surface area (Å²) in [5.41, 5.74) is 3.02. The van der Waals surface area contributed by atoms with Crippen molar-refractivity contribution in [2.75, 3.05) is 13.2 Å². The molecule has 4 nitrogen and oxygen atoms in total. The number of benzene rings is 2. The lowest BCUT2D eigenvalue weighted by Crippen LogP contribution is -2.29. The van der Waals surface area contributed by atoms with Crippen LogP contribution in [-0.2, 0) is 15.8 Å². The minimum absolute atomic E-state index is 0.0165. The Labute approximate surface area is 132 Å². The average Bonchev–Trinajstić information content (AvgIpc) is 2.43. The first kappa shape index (κ1) is 16.5. The maximum absolute atomic E-state index is 12.0. The summed E-state index contributed by atoms with van der Waals surface area (Å²) in [6, 6.07) is 15.0. The summed E-state index contributed by atoms with van der Waals surface area (Å²) >= 11 is 0. The van der Waals surface area contributed by atoms with E-state index in [0.717, 1.165) is 22.4 Å². The Balaban J connectivity index is 1.80. The summed E-state index contributed by atoms with van der Waals surface area (Å²) in [5.74, 6) is 0.747. The molecule has 0 radical (unpaired) electrons. The maximum atomic E-state index is 12.0. The van der Waals surface area contributed by atoms with E-state index in [-0.39, 0.29) is 12.3 Å². The number of ether oxygens (including phenoxy) is 1. The molecular formula is C17H21NO3S. The first-order chi connectivity index (χ1) is 10.4. The van der Waals surface area contributed by atoms with Crippen LogP contribution in [0.3, 0.4) is 0 Å². The van der Waals surface area contributed by atoms with Gasteiger partial charge in [-0.15, -0.1) is 0 Å². The third-order valence-corrected chi connectivity index (χ3v) is 4.44. The van der Waals surface area contributed by atoms with Crippen LogP contribution in [0.1, 0.15) is 16.7 Å². The predicted molar refractivity (Wildman–Crippen MR) is 88.5 cm³/mol. The zero-order valence-corrected chi connectivity index (χ0v) is 13.7. The Hall–Kier alpha value is -1.85. The molecule has 0 atom stereocenters. The molecule has 0 bridgehead atoms. The molecule has 0 amide bonds. The third-order valence-electron chi connectivity index (χ3n) is 3.09. The van der Waals surface area contributed by atoms with Crippen LogP contribution in [0.4, 0.5) is 0 Å². The van der Waals surface area contributed by atoms with Crippen LogP contribution in [0.25, 0.3) is 0 Å². The zero-order chi connectivity index (χ0) is 16.0. The second kappa shape index (κ2) is 7.42. The van der Waals surface area contributed by atoms with Gasteiger partial charge in [-0.3, -0.25) is 0 Å². The fourth-order valence-electron chi connectivity index (χ4n) is 2.23. The van der Waals surface area contributed by atoms with Crippen molar-refractivity contribution < 1.29 is 13.2 Å². The molecule has 0 aromatic heterocycles. The SMILES string of the molecule is Cc1cc(C)cc(OCCNS(=O)(=O)Cc2ccccc2)c1.